The number of nitrogens with zero attached hydrogens (tertiary/aromatic N) is 3. The van der Waals surface area contributed by atoms with Crippen LogP contribution in [-0.4, -0.2) is 14.5 Å². The molecule has 3 aliphatic rings. The van der Waals surface area contributed by atoms with Crippen molar-refractivity contribution in [2.45, 2.75) is 46.0 Å². The van der Waals surface area contributed by atoms with Gasteiger partial charge in [-0.05, 0) is 48.1 Å². The van der Waals surface area contributed by atoms with E-state index in [4.69, 9.17) is 9.97 Å². The predicted molar refractivity (Wildman–Crippen MR) is 200 cm³/mol. The van der Waals surface area contributed by atoms with Crippen molar-refractivity contribution in [3.8, 4) is 22.6 Å². The van der Waals surface area contributed by atoms with Crippen molar-refractivity contribution in [3.05, 3.63) is 156 Å². The lowest BCUT2D eigenvalue weighted by Crippen LogP contribution is -2.27. The third-order valence-electron chi connectivity index (χ3n) is 11.1. The minimum absolute atomic E-state index is 0.0752. The molecule has 0 spiro atoms. The maximum Gasteiger partial charge on any atom is 0.160 e. The van der Waals surface area contributed by atoms with E-state index in [1.54, 1.807) is 0 Å². The number of rotatable bonds is 4. The fraction of sp³-hybridized carbons (Fsp3) is 0.200. The molecule has 0 saturated heterocycles. The smallest absolute Gasteiger partial charge is 0.160 e. The number of hydrogen-bond donors (Lipinski definition) is 0. The first-order valence-electron chi connectivity index (χ1n) is 17.2. The van der Waals surface area contributed by atoms with Crippen molar-refractivity contribution < 1.29 is 0 Å². The summed E-state index contributed by atoms with van der Waals surface area (Å²) in [6, 6.07) is 38.6. The Morgan fingerprint density at radius 3 is 1.90 bits per heavy atom. The van der Waals surface area contributed by atoms with E-state index in [-0.39, 0.29) is 10.8 Å². The number of hydrogen-bond acceptors (Lipinski definition) is 2. The molecule has 2 aromatic heterocycles. The minimum atomic E-state index is -0.227. The molecule has 0 saturated carbocycles. The lowest BCUT2D eigenvalue weighted by molar-refractivity contribution is 0.444. The van der Waals surface area contributed by atoms with E-state index >= 15 is 0 Å². The number of fused-ring (bicyclic) bond motifs is 5. The second-order valence-electron chi connectivity index (χ2n) is 14.5. The Bertz CT molecular complexity index is 2330. The average molecular weight is 622 g/mol. The van der Waals surface area contributed by atoms with Crippen molar-refractivity contribution in [1.29, 1.82) is 0 Å². The quantitative estimate of drug-likeness (QED) is 0.196. The van der Waals surface area contributed by atoms with Crippen LogP contribution in [0.1, 0.15) is 51.8 Å². The first-order chi connectivity index (χ1) is 23.3. The molecule has 2 atom stereocenters. The van der Waals surface area contributed by atoms with Crippen LogP contribution in [0.25, 0.3) is 55.7 Å². The predicted octanol–water partition coefficient (Wildman–Crippen LogP) is 11.4. The molecule has 4 aromatic carbocycles. The van der Waals surface area contributed by atoms with E-state index in [9.17, 15) is 0 Å². The van der Waals surface area contributed by atoms with Gasteiger partial charge in [0.05, 0.1) is 22.4 Å². The Balaban J connectivity index is 1.14. The van der Waals surface area contributed by atoms with Gasteiger partial charge in [-0.25, -0.2) is 9.97 Å². The molecule has 3 nitrogen and oxygen atoms in total. The van der Waals surface area contributed by atoms with Crippen LogP contribution < -0.4 is 0 Å². The Morgan fingerprint density at radius 1 is 0.688 bits per heavy atom. The molecule has 234 valence electrons. The molecule has 0 aliphatic heterocycles. The third-order valence-corrected chi connectivity index (χ3v) is 11.1. The summed E-state index contributed by atoms with van der Waals surface area (Å²) in [5, 5.41) is 2.60. The Labute approximate surface area is 282 Å². The van der Waals surface area contributed by atoms with Gasteiger partial charge in [0.1, 0.15) is 0 Å². The van der Waals surface area contributed by atoms with E-state index < -0.39 is 0 Å². The van der Waals surface area contributed by atoms with Gasteiger partial charge in [0.25, 0.3) is 0 Å². The summed E-state index contributed by atoms with van der Waals surface area (Å²) in [5.41, 5.74) is 13.4. The number of para-hydroxylation sites is 2. The van der Waals surface area contributed by atoms with Gasteiger partial charge in [-0.2, -0.15) is 0 Å². The summed E-state index contributed by atoms with van der Waals surface area (Å²) in [4.78, 5) is 10.6. The monoisotopic (exact) mass is 621 g/mol. The molecule has 0 N–H and O–H groups in total. The fourth-order valence-corrected chi connectivity index (χ4v) is 8.65. The molecule has 3 heteroatoms. The molecule has 0 fully saturated rings. The van der Waals surface area contributed by atoms with Crippen LogP contribution in [0.3, 0.4) is 0 Å². The Morgan fingerprint density at radius 2 is 1.27 bits per heavy atom. The van der Waals surface area contributed by atoms with Gasteiger partial charge < -0.3 is 4.57 Å². The van der Waals surface area contributed by atoms with Gasteiger partial charge in [-0.15, -0.1) is 0 Å². The fourth-order valence-electron chi connectivity index (χ4n) is 8.65. The summed E-state index contributed by atoms with van der Waals surface area (Å²) in [6.45, 7) is 9.57. The molecular weight excluding hydrogens is 583 g/mol. The first kappa shape index (κ1) is 28.9. The number of benzene rings is 4. The molecule has 48 heavy (non-hydrogen) atoms. The number of aromatic nitrogens is 3. The SMILES string of the molecule is CC1CC2=C(C=C1C1(C)C=CC(n3c4ccccc4c4ccccc43)=CC1)C(C)(C)c1c2nc(-c2ccccc2)nc1-c1ccccc1. The molecule has 0 amide bonds. The maximum atomic E-state index is 5.34. The van der Waals surface area contributed by atoms with Crippen LogP contribution in [0.15, 0.2) is 145 Å². The Hall–Kier alpha value is -5.28. The molecule has 2 heterocycles. The van der Waals surface area contributed by atoms with Gasteiger partial charge >= 0.3 is 0 Å². The second-order valence-corrected chi connectivity index (χ2v) is 14.5. The van der Waals surface area contributed by atoms with E-state index in [0.29, 0.717) is 5.92 Å². The summed E-state index contributed by atoms with van der Waals surface area (Å²) < 4.78 is 2.44. The summed E-state index contributed by atoms with van der Waals surface area (Å²) >= 11 is 0. The zero-order valence-corrected chi connectivity index (χ0v) is 28.0. The maximum absolute atomic E-state index is 5.34. The number of allylic oxidation sites excluding steroid dienone is 8. The second kappa shape index (κ2) is 10.6. The van der Waals surface area contributed by atoms with Crippen molar-refractivity contribution >= 4 is 33.1 Å². The van der Waals surface area contributed by atoms with E-state index in [1.165, 1.54) is 49.8 Å². The summed E-state index contributed by atoms with van der Waals surface area (Å²) in [5.74, 6) is 1.18. The molecule has 3 aliphatic carbocycles. The van der Waals surface area contributed by atoms with Crippen LogP contribution in [0.2, 0.25) is 0 Å². The zero-order valence-electron chi connectivity index (χ0n) is 28.0. The normalized spacial score (nSPS) is 21.3. The molecule has 6 aromatic rings. The van der Waals surface area contributed by atoms with E-state index in [0.717, 1.165) is 41.2 Å². The van der Waals surface area contributed by atoms with Crippen molar-refractivity contribution in [2.24, 2.45) is 11.3 Å². The minimum Gasteiger partial charge on any atom is -0.310 e. The van der Waals surface area contributed by atoms with Gasteiger partial charge in [0.2, 0.25) is 0 Å². The highest BCUT2D eigenvalue weighted by Crippen LogP contribution is 2.57. The van der Waals surface area contributed by atoms with Gasteiger partial charge in [0, 0.05) is 44.0 Å². The summed E-state index contributed by atoms with van der Waals surface area (Å²) in [7, 11) is 0. The molecule has 9 rings (SSSR count). The average Bonchev–Trinajstić information content (AvgIpc) is 3.57. The molecule has 2 unspecified atom stereocenters. The van der Waals surface area contributed by atoms with Crippen LogP contribution >= 0.6 is 0 Å². The third kappa shape index (κ3) is 4.27. The highest BCUT2D eigenvalue weighted by Gasteiger charge is 2.45. The molecule has 0 radical (unpaired) electrons. The van der Waals surface area contributed by atoms with Crippen LogP contribution in [0.5, 0.6) is 0 Å². The van der Waals surface area contributed by atoms with Crippen LogP contribution in [0, 0.1) is 11.3 Å². The highest BCUT2D eigenvalue weighted by atomic mass is 15.0. The largest absolute Gasteiger partial charge is 0.310 e. The van der Waals surface area contributed by atoms with Crippen LogP contribution in [0.4, 0.5) is 0 Å². The van der Waals surface area contributed by atoms with Crippen molar-refractivity contribution in [2.75, 3.05) is 0 Å². The standard InChI is InChI=1S/C45H39N3/c1-29-27-35-37(44(2,3)40-41(30-15-7-5-8-16-30)46-43(47-42(35)40)31-17-9-6-10-18-31)28-36(29)45(4)25-23-32(24-26-45)48-38-21-13-11-19-33(38)34-20-12-14-22-39(34)48/h5-25,28-29H,26-27H2,1-4H3. The van der Waals surface area contributed by atoms with E-state index in [1.807, 2.05) is 0 Å². The first-order valence-corrected chi connectivity index (χ1v) is 17.2. The van der Waals surface area contributed by atoms with Crippen molar-refractivity contribution in [3.63, 3.8) is 0 Å². The molecule has 0 bridgehead atoms. The Kier molecular flexibility index (Phi) is 6.39. The molecular formula is C45H39N3. The van der Waals surface area contributed by atoms with E-state index in [2.05, 4.69) is 166 Å². The topological polar surface area (TPSA) is 30.7 Å². The van der Waals surface area contributed by atoms with Gasteiger partial charge in [-0.3, -0.25) is 0 Å². The van der Waals surface area contributed by atoms with Crippen molar-refractivity contribution in [1.82, 2.24) is 14.5 Å². The van der Waals surface area contributed by atoms with Gasteiger partial charge in [-0.1, -0.05) is 149 Å². The lowest BCUT2D eigenvalue weighted by Gasteiger charge is -2.38. The zero-order chi connectivity index (χ0) is 32.6. The van der Waals surface area contributed by atoms with Crippen LogP contribution in [-0.2, 0) is 5.41 Å². The highest BCUT2D eigenvalue weighted by molar-refractivity contribution is 6.10. The van der Waals surface area contributed by atoms with Gasteiger partial charge in [0.15, 0.2) is 5.82 Å². The lowest BCUT2D eigenvalue weighted by atomic mass is 9.66. The summed E-state index contributed by atoms with van der Waals surface area (Å²) in [6.07, 6.45) is 11.8.